The fraction of sp³-hybridized carbons (Fsp3) is 0.368. The Kier molecular flexibility index (Phi) is 6.28. The first kappa shape index (κ1) is 16.4. The summed E-state index contributed by atoms with van der Waals surface area (Å²) < 4.78 is 5.19. The van der Waals surface area contributed by atoms with E-state index >= 15 is 0 Å². The van der Waals surface area contributed by atoms with Crippen LogP contribution in [-0.2, 0) is 0 Å². The maximum absolute atomic E-state index is 5.19. The van der Waals surface area contributed by atoms with Crippen molar-refractivity contribution in [1.82, 2.24) is 5.32 Å². The summed E-state index contributed by atoms with van der Waals surface area (Å²) in [4.78, 5) is 2.29. The molecule has 0 spiro atoms. The Morgan fingerprint density at radius 2 is 1.73 bits per heavy atom. The average Bonchev–Trinajstić information content (AvgIpc) is 2.59. The molecule has 0 saturated carbocycles. The van der Waals surface area contributed by atoms with Crippen molar-refractivity contribution in [2.24, 2.45) is 0 Å². The Hall–Kier alpha value is -2.00. The van der Waals surface area contributed by atoms with Crippen LogP contribution in [0.1, 0.15) is 24.9 Å². The largest absolute Gasteiger partial charge is 0.497 e. The summed E-state index contributed by atoms with van der Waals surface area (Å²) >= 11 is 0. The van der Waals surface area contributed by atoms with E-state index in [1.54, 1.807) is 7.11 Å². The molecule has 1 atom stereocenters. The summed E-state index contributed by atoms with van der Waals surface area (Å²) in [5.41, 5.74) is 2.56. The number of hydrogen-bond acceptors (Lipinski definition) is 3. The minimum atomic E-state index is 0.355. The average molecular weight is 298 g/mol. The highest BCUT2D eigenvalue weighted by atomic mass is 16.5. The topological polar surface area (TPSA) is 24.5 Å². The van der Waals surface area contributed by atoms with Gasteiger partial charge in [0.25, 0.3) is 0 Å². The minimum Gasteiger partial charge on any atom is -0.497 e. The monoisotopic (exact) mass is 298 g/mol. The van der Waals surface area contributed by atoms with Crippen molar-refractivity contribution in [3.63, 3.8) is 0 Å². The first-order valence-electron chi connectivity index (χ1n) is 7.84. The van der Waals surface area contributed by atoms with Crippen LogP contribution in [0.5, 0.6) is 5.75 Å². The van der Waals surface area contributed by atoms with Gasteiger partial charge >= 0.3 is 0 Å². The zero-order valence-electron chi connectivity index (χ0n) is 13.8. The lowest BCUT2D eigenvalue weighted by Gasteiger charge is -2.20. The van der Waals surface area contributed by atoms with Gasteiger partial charge in [0.05, 0.1) is 7.11 Å². The molecule has 2 rings (SSSR count). The van der Waals surface area contributed by atoms with Gasteiger partial charge in [-0.3, -0.25) is 0 Å². The van der Waals surface area contributed by atoms with Gasteiger partial charge in [-0.25, -0.2) is 0 Å². The molecule has 3 nitrogen and oxygen atoms in total. The Morgan fingerprint density at radius 3 is 2.36 bits per heavy atom. The zero-order chi connectivity index (χ0) is 15.8. The van der Waals surface area contributed by atoms with Crippen LogP contribution >= 0.6 is 0 Å². The summed E-state index contributed by atoms with van der Waals surface area (Å²) in [7, 11) is 3.84. The molecule has 1 N–H and O–H groups in total. The predicted molar refractivity (Wildman–Crippen MR) is 93.7 cm³/mol. The third-order valence-corrected chi connectivity index (χ3v) is 3.93. The lowest BCUT2D eigenvalue weighted by Crippen LogP contribution is -2.25. The number of methoxy groups -OCH3 is 1. The van der Waals surface area contributed by atoms with Gasteiger partial charge in [-0.2, -0.15) is 0 Å². The molecule has 0 aromatic heterocycles. The van der Waals surface area contributed by atoms with Gasteiger partial charge in [0.1, 0.15) is 5.75 Å². The maximum atomic E-state index is 5.19. The second-order valence-corrected chi connectivity index (χ2v) is 5.56. The van der Waals surface area contributed by atoms with Crippen LogP contribution in [0.3, 0.4) is 0 Å². The van der Waals surface area contributed by atoms with Crippen molar-refractivity contribution in [2.45, 2.75) is 19.4 Å². The molecule has 0 fully saturated rings. The van der Waals surface area contributed by atoms with Crippen LogP contribution in [0.25, 0.3) is 0 Å². The van der Waals surface area contributed by atoms with Crippen LogP contribution in [-0.4, -0.2) is 27.2 Å². The van der Waals surface area contributed by atoms with E-state index in [4.69, 9.17) is 4.74 Å². The van der Waals surface area contributed by atoms with Gasteiger partial charge in [-0.15, -0.1) is 0 Å². The summed E-state index contributed by atoms with van der Waals surface area (Å²) in [6.07, 6.45) is 1.12. The molecule has 0 radical (unpaired) electrons. The van der Waals surface area contributed by atoms with Crippen molar-refractivity contribution < 1.29 is 4.74 Å². The van der Waals surface area contributed by atoms with Crippen molar-refractivity contribution in [2.75, 3.05) is 32.1 Å². The SMILES string of the molecule is COc1ccc(C(C)NCCCN(C)c2ccccc2)cc1. The highest BCUT2D eigenvalue weighted by molar-refractivity contribution is 5.44. The second kappa shape index (κ2) is 8.44. The molecular formula is C19H26N2O. The number of hydrogen-bond donors (Lipinski definition) is 1. The Morgan fingerprint density at radius 1 is 1.05 bits per heavy atom. The molecule has 2 aromatic rings. The fourth-order valence-electron chi connectivity index (χ4n) is 2.46. The molecule has 0 amide bonds. The van der Waals surface area contributed by atoms with Crippen LogP contribution in [0.2, 0.25) is 0 Å². The Bertz CT molecular complexity index is 539. The normalized spacial score (nSPS) is 12.0. The van der Waals surface area contributed by atoms with E-state index in [1.165, 1.54) is 11.3 Å². The third kappa shape index (κ3) is 4.78. The van der Waals surface area contributed by atoms with E-state index in [0.717, 1.165) is 25.3 Å². The van der Waals surface area contributed by atoms with Gasteiger partial charge in [0.15, 0.2) is 0 Å². The highest BCUT2D eigenvalue weighted by Gasteiger charge is 2.05. The van der Waals surface area contributed by atoms with Crippen LogP contribution in [0.4, 0.5) is 5.69 Å². The molecule has 0 aliphatic rings. The number of benzene rings is 2. The van der Waals surface area contributed by atoms with Crippen molar-refractivity contribution in [1.29, 1.82) is 0 Å². The molecule has 22 heavy (non-hydrogen) atoms. The van der Waals surface area contributed by atoms with E-state index in [0.29, 0.717) is 6.04 Å². The van der Waals surface area contributed by atoms with Crippen molar-refractivity contribution in [3.05, 3.63) is 60.2 Å². The molecule has 0 heterocycles. The third-order valence-electron chi connectivity index (χ3n) is 3.93. The molecular weight excluding hydrogens is 272 g/mol. The van der Waals surface area contributed by atoms with E-state index in [-0.39, 0.29) is 0 Å². The fourth-order valence-corrected chi connectivity index (χ4v) is 2.46. The quantitative estimate of drug-likeness (QED) is 0.749. The zero-order valence-corrected chi connectivity index (χ0v) is 13.8. The number of nitrogens with one attached hydrogen (secondary N) is 1. The molecule has 0 bridgehead atoms. The number of ether oxygens (including phenoxy) is 1. The lowest BCUT2D eigenvalue weighted by molar-refractivity contribution is 0.414. The Labute approximate surface area is 133 Å². The van der Waals surface area contributed by atoms with Gasteiger partial charge in [0, 0.05) is 25.3 Å². The summed E-state index contributed by atoms with van der Waals surface area (Å²) in [6.45, 7) is 4.25. The molecule has 3 heteroatoms. The molecule has 2 aromatic carbocycles. The van der Waals surface area contributed by atoms with Crippen LogP contribution in [0.15, 0.2) is 54.6 Å². The van der Waals surface area contributed by atoms with Crippen molar-refractivity contribution in [3.8, 4) is 5.75 Å². The van der Waals surface area contributed by atoms with Gasteiger partial charge < -0.3 is 15.0 Å². The smallest absolute Gasteiger partial charge is 0.118 e. The first-order valence-corrected chi connectivity index (χ1v) is 7.84. The number of nitrogens with zero attached hydrogens (tertiary/aromatic N) is 1. The van der Waals surface area contributed by atoms with Crippen LogP contribution in [0, 0.1) is 0 Å². The van der Waals surface area contributed by atoms with Gasteiger partial charge in [-0.05, 0) is 49.7 Å². The van der Waals surface area contributed by atoms with Crippen LogP contribution < -0.4 is 15.0 Å². The highest BCUT2D eigenvalue weighted by Crippen LogP contribution is 2.17. The van der Waals surface area contributed by atoms with Gasteiger partial charge in [0.2, 0.25) is 0 Å². The molecule has 0 aliphatic heterocycles. The second-order valence-electron chi connectivity index (χ2n) is 5.56. The number of para-hydroxylation sites is 1. The molecule has 0 aliphatic carbocycles. The minimum absolute atomic E-state index is 0.355. The van der Waals surface area contributed by atoms with E-state index < -0.39 is 0 Å². The summed E-state index contributed by atoms with van der Waals surface area (Å²) in [5.74, 6) is 0.903. The standard InChI is InChI=1S/C19H26N2O/c1-16(17-10-12-19(22-3)13-11-17)20-14-7-15-21(2)18-8-5-4-6-9-18/h4-6,8-13,16,20H,7,14-15H2,1-3H3. The lowest BCUT2D eigenvalue weighted by atomic mass is 10.1. The number of rotatable bonds is 8. The summed E-state index contributed by atoms with van der Waals surface area (Å²) in [5, 5.41) is 3.58. The molecule has 0 saturated heterocycles. The Balaban J connectivity index is 1.71. The molecule has 1 unspecified atom stereocenters. The number of anilines is 1. The molecule has 118 valence electrons. The maximum Gasteiger partial charge on any atom is 0.118 e. The van der Waals surface area contributed by atoms with Crippen molar-refractivity contribution >= 4 is 5.69 Å². The first-order chi connectivity index (χ1) is 10.7. The van der Waals surface area contributed by atoms with E-state index in [2.05, 4.69) is 66.7 Å². The summed E-state index contributed by atoms with van der Waals surface area (Å²) in [6, 6.07) is 19.1. The van der Waals surface area contributed by atoms with E-state index in [9.17, 15) is 0 Å². The van der Waals surface area contributed by atoms with Gasteiger partial charge in [-0.1, -0.05) is 30.3 Å². The van der Waals surface area contributed by atoms with E-state index in [1.807, 2.05) is 12.1 Å². The predicted octanol–water partition coefficient (Wildman–Crippen LogP) is 3.87.